The van der Waals surface area contributed by atoms with Gasteiger partial charge in [0, 0.05) is 12.1 Å². The molecule has 0 spiro atoms. The van der Waals surface area contributed by atoms with E-state index in [4.69, 9.17) is 5.73 Å². The van der Waals surface area contributed by atoms with Crippen molar-refractivity contribution >= 4 is 0 Å². The van der Waals surface area contributed by atoms with Gasteiger partial charge in [-0.15, -0.1) is 0 Å². The number of nitrogens with two attached hydrogens (primary N) is 1. The van der Waals surface area contributed by atoms with E-state index in [9.17, 15) is 13.2 Å². The van der Waals surface area contributed by atoms with E-state index in [0.29, 0.717) is 12.1 Å². The first kappa shape index (κ1) is 13.6. The SMILES string of the molecule is Cc1ccc(-c2nc(C(F)(F)F)oc2C)cc1CN. The summed E-state index contributed by atoms with van der Waals surface area (Å²) in [6.45, 7) is 3.67. The number of halogens is 3. The number of oxazole rings is 1. The molecule has 0 unspecified atom stereocenters. The van der Waals surface area contributed by atoms with Crippen LogP contribution in [0, 0.1) is 13.8 Å². The molecule has 0 aliphatic carbocycles. The van der Waals surface area contributed by atoms with Crippen LogP contribution in [-0.4, -0.2) is 4.98 Å². The third kappa shape index (κ3) is 2.63. The van der Waals surface area contributed by atoms with Crippen LogP contribution in [0.15, 0.2) is 22.6 Å². The van der Waals surface area contributed by atoms with Crippen LogP contribution in [0.3, 0.4) is 0 Å². The summed E-state index contributed by atoms with van der Waals surface area (Å²) >= 11 is 0. The molecule has 1 aromatic heterocycles. The van der Waals surface area contributed by atoms with Gasteiger partial charge in [-0.3, -0.25) is 0 Å². The van der Waals surface area contributed by atoms with Crippen molar-refractivity contribution < 1.29 is 17.6 Å². The summed E-state index contributed by atoms with van der Waals surface area (Å²) < 4.78 is 42.3. The van der Waals surface area contributed by atoms with Crippen LogP contribution in [0.1, 0.15) is 22.8 Å². The zero-order valence-electron chi connectivity index (χ0n) is 10.5. The van der Waals surface area contributed by atoms with Gasteiger partial charge in [0.15, 0.2) is 0 Å². The van der Waals surface area contributed by atoms with Gasteiger partial charge in [0.2, 0.25) is 0 Å². The standard InChI is InChI=1S/C13H13F3N2O/c1-7-3-4-9(5-10(7)6-17)11-8(2)19-12(18-11)13(14,15)16/h3-5H,6,17H2,1-2H3. The molecule has 0 saturated carbocycles. The minimum atomic E-state index is -4.58. The van der Waals surface area contributed by atoms with Crippen molar-refractivity contribution in [2.24, 2.45) is 5.73 Å². The van der Waals surface area contributed by atoms with Gasteiger partial charge in [-0.1, -0.05) is 12.1 Å². The van der Waals surface area contributed by atoms with E-state index in [0.717, 1.165) is 11.1 Å². The van der Waals surface area contributed by atoms with Crippen molar-refractivity contribution in [2.75, 3.05) is 0 Å². The van der Waals surface area contributed by atoms with Crippen molar-refractivity contribution in [1.82, 2.24) is 4.98 Å². The summed E-state index contributed by atoms with van der Waals surface area (Å²) in [7, 11) is 0. The average Bonchev–Trinajstić information content (AvgIpc) is 2.72. The lowest BCUT2D eigenvalue weighted by atomic mass is 10.0. The van der Waals surface area contributed by atoms with Crippen molar-refractivity contribution in [1.29, 1.82) is 0 Å². The third-order valence-electron chi connectivity index (χ3n) is 2.88. The van der Waals surface area contributed by atoms with Gasteiger partial charge in [-0.25, -0.2) is 4.98 Å². The van der Waals surface area contributed by atoms with E-state index in [1.165, 1.54) is 6.92 Å². The maximum atomic E-state index is 12.5. The molecular formula is C13H13F3N2O. The second-order valence-corrected chi connectivity index (χ2v) is 4.27. The molecule has 6 heteroatoms. The van der Waals surface area contributed by atoms with Crippen LogP contribution in [-0.2, 0) is 12.7 Å². The van der Waals surface area contributed by atoms with Gasteiger partial charge in [0.1, 0.15) is 11.5 Å². The number of aromatic nitrogens is 1. The highest BCUT2D eigenvalue weighted by Gasteiger charge is 2.38. The summed E-state index contributed by atoms with van der Waals surface area (Å²) in [5.41, 5.74) is 8.21. The Balaban J connectivity index is 2.50. The number of rotatable bonds is 2. The Labute approximate surface area is 108 Å². The molecule has 0 radical (unpaired) electrons. The summed E-state index contributed by atoms with van der Waals surface area (Å²) in [5.74, 6) is -1.09. The lowest BCUT2D eigenvalue weighted by Crippen LogP contribution is -2.05. The molecule has 3 nitrogen and oxygen atoms in total. The molecule has 2 aromatic rings. The fourth-order valence-corrected chi connectivity index (χ4v) is 1.82. The molecule has 0 bridgehead atoms. The van der Waals surface area contributed by atoms with E-state index < -0.39 is 12.1 Å². The van der Waals surface area contributed by atoms with E-state index in [1.807, 2.05) is 6.92 Å². The number of benzene rings is 1. The Morgan fingerprint density at radius 2 is 1.95 bits per heavy atom. The molecule has 2 N–H and O–H groups in total. The summed E-state index contributed by atoms with van der Waals surface area (Å²) in [6, 6.07) is 5.25. The van der Waals surface area contributed by atoms with Crippen LogP contribution >= 0.6 is 0 Å². The Kier molecular flexibility index (Phi) is 3.36. The van der Waals surface area contributed by atoms with Gasteiger partial charge in [0.25, 0.3) is 0 Å². The third-order valence-corrected chi connectivity index (χ3v) is 2.88. The number of hydrogen-bond donors (Lipinski definition) is 1. The molecular weight excluding hydrogens is 257 g/mol. The first-order chi connectivity index (χ1) is 8.82. The fraction of sp³-hybridized carbons (Fsp3) is 0.308. The van der Waals surface area contributed by atoms with Gasteiger partial charge in [0.05, 0.1) is 0 Å². The molecule has 0 fully saturated rings. The highest BCUT2D eigenvalue weighted by atomic mass is 19.4. The second kappa shape index (κ2) is 4.70. The molecule has 0 aliphatic rings. The average molecular weight is 270 g/mol. The molecule has 0 aliphatic heterocycles. The lowest BCUT2D eigenvalue weighted by Gasteiger charge is -2.05. The highest BCUT2D eigenvalue weighted by Crippen LogP contribution is 2.33. The summed E-state index contributed by atoms with van der Waals surface area (Å²) in [6.07, 6.45) is -4.58. The quantitative estimate of drug-likeness (QED) is 0.909. The van der Waals surface area contributed by atoms with Crippen LogP contribution in [0.2, 0.25) is 0 Å². The van der Waals surface area contributed by atoms with Crippen LogP contribution < -0.4 is 5.73 Å². The molecule has 102 valence electrons. The Morgan fingerprint density at radius 3 is 2.47 bits per heavy atom. The minimum absolute atomic E-state index is 0.138. The number of alkyl halides is 3. The van der Waals surface area contributed by atoms with Crippen molar-refractivity contribution in [3.05, 3.63) is 41.0 Å². The zero-order chi connectivity index (χ0) is 14.2. The molecule has 19 heavy (non-hydrogen) atoms. The highest BCUT2D eigenvalue weighted by molar-refractivity contribution is 5.63. The molecule has 1 heterocycles. The van der Waals surface area contributed by atoms with Crippen molar-refractivity contribution in [3.63, 3.8) is 0 Å². The maximum absolute atomic E-state index is 12.5. The number of nitrogens with zero attached hydrogens (tertiary/aromatic N) is 1. The molecule has 2 rings (SSSR count). The van der Waals surface area contributed by atoms with E-state index in [1.54, 1.807) is 18.2 Å². The summed E-state index contributed by atoms with van der Waals surface area (Å²) in [4.78, 5) is 3.52. The zero-order valence-corrected chi connectivity index (χ0v) is 10.5. The van der Waals surface area contributed by atoms with E-state index >= 15 is 0 Å². The summed E-state index contributed by atoms with van der Waals surface area (Å²) in [5, 5.41) is 0. The largest absolute Gasteiger partial charge is 0.468 e. The maximum Gasteiger partial charge on any atom is 0.468 e. The lowest BCUT2D eigenvalue weighted by molar-refractivity contribution is -0.157. The predicted molar refractivity (Wildman–Crippen MR) is 64.3 cm³/mol. The van der Waals surface area contributed by atoms with Gasteiger partial charge in [-0.05, 0) is 31.0 Å². The van der Waals surface area contributed by atoms with Gasteiger partial charge >= 0.3 is 12.1 Å². The number of aryl methyl sites for hydroxylation is 2. The first-order valence-corrected chi connectivity index (χ1v) is 5.67. The topological polar surface area (TPSA) is 52.0 Å². The molecule has 0 amide bonds. The normalized spacial score (nSPS) is 11.9. The molecule has 0 saturated heterocycles. The fourth-order valence-electron chi connectivity index (χ4n) is 1.82. The van der Waals surface area contributed by atoms with Crippen molar-refractivity contribution in [3.8, 4) is 11.3 Å². The van der Waals surface area contributed by atoms with Crippen LogP contribution in [0.5, 0.6) is 0 Å². The van der Waals surface area contributed by atoms with Crippen LogP contribution in [0.25, 0.3) is 11.3 Å². The van der Waals surface area contributed by atoms with Crippen LogP contribution in [0.4, 0.5) is 13.2 Å². The van der Waals surface area contributed by atoms with Crippen molar-refractivity contribution in [2.45, 2.75) is 26.6 Å². The Morgan fingerprint density at radius 1 is 1.26 bits per heavy atom. The first-order valence-electron chi connectivity index (χ1n) is 5.67. The molecule has 1 aromatic carbocycles. The number of hydrogen-bond acceptors (Lipinski definition) is 3. The Hall–Kier alpha value is -1.82. The minimum Gasteiger partial charge on any atom is -0.438 e. The second-order valence-electron chi connectivity index (χ2n) is 4.27. The molecule has 0 atom stereocenters. The predicted octanol–water partition coefficient (Wildman–Crippen LogP) is 3.44. The monoisotopic (exact) mass is 270 g/mol. The van der Waals surface area contributed by atoms with E-state index in [-0.39, 0.29) is 11.5 Å². The Bertz CT molecular complexity index is 602. The van der Waals surface area contributed by atoms with Gasteiger partial charge < -0.3 is 10.2 Å². The van der Waals surface area contributed by atoms with Gasteiger partial charge in [-0.2, -0.15) is 13.2 Å². The van der Waals surface area contributed by atoms with E-state index in [2.05, 4.69) is 9.40 Å². The smallest absolute Gasteiger partial charge is 0.438 e.